The molecule has 1 aromatic carbocycles. The van der Waals surface area contributed by atoms with Gasteiger partial charge in [-0.05, 0) is 30.5 Å². The summed E-state index contributed by atoms with van der Waals surface area (Å²) >= 11 is 1.51. The number of thiophene rings is 1. The molecule has 3 rings (SSSR count). The summed E-state index contributed by atoms with van der Waals surface area (Å²) < 4.78 is 0. The third-order valence-corrected chi connectivity index (χ3v) is 3.63. The Balaban J connectivity index is 1.80. The highest BCUT2D eigenvalue weighted by atomic mass is 32.1. The SMILES string of the molecule is CC(NC(=O)c1ccsc1)c1nc2ccccc2[nH]1. The van der Waals surface area contributed by atoms with Crippen molar-refractivity contribution in [3.8, 4) is 0 Å². The van der Waals surface area contributed by atoms with Gasteiger partial charge in [-0.15, -0.1) is 0 Å². The zero-order valence-electron chi connectivity index (χ0n) is 10.4. The van der Waals surface area contributed by atoms with Crippen LogP contribution in [0.2, 0.25) is 0 Å². The highest BCUT2D eigenvalue weighted by Crippen LogP contribution is 2.16. The second kappa shape index (κ2) is 4.85. The van der Waals surface area contributed by atoms with Gasteiger partial charge in [-0.2, -0.15) is 11.3 Å². The van der Waals surface area contributed by atoms with Gasteiger partial charge in [-0.3, -0.25) is 4.79 Å². The van der Waals surface area contributed by atoms with E-state index in [-0.39, 0.29) is 11.9 Å². The Labute approximate surface area is 114 Å². The zero-order chi connectivity index (χ0) is 13.2. The van der Waals surface area contributed by atoms with Crippen molar-refractivity contribution < 1.29 is 4.79 Å². The topological polar surface area (TPSA) is 57.8 Å². The molecule has 0 fully saturated rings. The number of para-hydroxylation sites is 2. The van der Waals surface area contributed by atoms with Crippen LogP contribution in [-0.4, -0.2) is 15.9 Å². The standard InChI is InChI=1S/C14H13N3OS/c1-9(15-14(18)10-6-7-19-8-10)13-16-11-4-2-3-5-12(11)17-13/h2-9H,1H3,(H,15,18)(H,16,17). The van der Waals surface area contributed by atoms with Crippen LogP contribution in [0.1, 0.15) is 29.1 Å². The lowest BCUT2D eigenvalue weighted by Crippen LogP contribution is -2.26. The predicted molar refractivity (Wildman–Crippen MR) is 76.3 cm³/mol. The van der Waals surface area contributed by atoms with Crippen LogP contribution in [-0.2, 0) is 0 Å². The molecule has 2 aromatic heterocycles. The van der Waals surface area contributed by atoms with E-state index in [1.54, 1.807) is 0 Å². The molecule has 5 heteroatoms. The molecule has 0 saturated heterocycles. The van der Waals surface area contributed by atoms with Gasteiger partial charge in [0.1, 0.15) is 5.82 Å². The normalized spacial score (nSPS) is 12.5. The van der Waals surface area contributed by atoms with Gasteiger partial charge < -0.3 is 10.3 Å². The van der Waals surface area contributed by atoms with Crippen molar-refractivity contribution in [1.29, 1.82) is 0 Å². The molecule has 0 spiro atoms. The second-order valence-corrected chi connectivity index (χ2v) is 5.13. The molecule has 2 N–H and O–H groups in total. The number of carbonyl (C=O) groups is 1. The van der Waals surface area contributed by atoms with Crippen LogP contribution < -0.4 is 5.32 Å². The molecule has 0 bridgehead atoms. The quantitative estimate of drug-likeness (QED) is 0.769. The molecule has 1 unspecified atom stereocenters. The Morgan fingerprint density at radius 2 is 2.21 bits per heavy atom. The number of benzene rings is 1. The van der Waals surface area contributed by atoms with Crippen molar-refractivity contribution in [2.75, 3.05) is 0 Å². The van der Waals surface area contributed by atoms with Crippen molar-refractivity contribution in [2.24, 2.45) is 0 Å². The summed E-state index contributed by atoms with van der Waals surface area (Å²) in [5.74, 6) is 0.694. The number of H-pyrrole nitrogens is 1. The number of aromatic nitrogens is 2. The number of aromatic amines is 1. The Kier molecular flexibility index (Phi) is 3.05. The van der Waals surface area contributed by atoms with E-state index >= 15 is 0 Å². The largest absolute Gasteiger partial charge is 0.342 e. The summed E-state index contributed by atoms with van der Waals surface area (Å²) in [7, 11) is 0. The van der Waals surface area contributed by atoms with Crippen molar-refractivity contribution in [2.45, 2.75) is 13.0 Å². The summed E-state index contributed by atoms with van der Waals surface area (Å²) in [4.78, 5) is 19.7. The minimum Gasteiger partial charge on any atom is -0.342 e. The number of imidazole rings is 1. The number of nitrogens with one attached hydrogen (secondary N) is 2. The fourth-order valence-corrected chi connectivity index (χ4v) is 2.56. The van der Waals surface area contributed by atoms with Gasteiger partial charge in [-0.1, -0.05) is 12.1 Å². The molecule has 2 heterocycles. The van der Waals surface area contributed by atoms with Crippen LogP contribution in [0.3, 0.4) is 0 Å². The number of rotatable bonds is 3. The predicted octanol–water partition coefficient (Wildman–Crippen LogP) is 3.12. The Bertz CT molecular complexity index is 669. The van der Waals surface area contributed by atoms with E-state index in [2.05, 4.69) is 15.3 Å². The van der Waals surface area contributed by atoms with Crippen LogP contribution in [0.5, 0.6) is 0 Å². The number of hydrogen-bond acceptors (Lipinski definition) is 3. The molecule has 96 valence electrons. The van der Waals surface area contributed by atoms with Gasteiger partial charge >= 0.3 is 0 Å². The summed E-state index contributed by atoms with van der Waals surface area (Å²) in [6.45, 7) is 1.92. The van der Waals surface area contributed by atoms with E-state index in [9.17, 15) is 4.79 Å². The van der Waals surface area contributed by atoms with E-state index in [1.807, 2.05) is 48.0 Å². The van der Waals surface area contributed by atoms with Gasteiger partial charge in [0.25, 0.3) is 5.91 Å². The van der Waals surface area contributed by atoms with E-state index in [0.717, 1.165) is 16.9 Å². The first-order valence-corrected chi connectivity index (χ1v) is 6.96. The average molecular weight is 271 g/mol. The van der Waals surface area contributed by atoms with Crippen LogP contribution >= 0.6 is 11.3 Å². The zero-order valence-corrected chi connectivity index (χ0v) is 11.2. The molecule has 19 heavy (non-hydrogen) atoms. The molecule has 3 aromatic rings. The van der Waals surface area contributed by atoms with E-state index in [0.29, 0.717) is 5.56 Å². The number of carbonyl (C=O) groups excluding carboxylic acids is 1. The maximum atomic E-state index is 12.0. The number of nitrogens with zero attached hydrogens (tertiary/aromatic N) is 1. The maximum absolute atomic E-state index is 12.0. The number of fused-ring (bicyclic) bond motifs is 1. The molecule has 0 aliphatic heterocycles. The third kappa shape index (κ3) is 2.37. The average Bonchev–Trinajstić information content (AvgIpc) is 3.07. The Morgan fingerprint density at radius 1 is 1.37 bits per heavy atom. The lowest BCUT2D eigenvalue weighted by Gasteiger charge is -2.10. The van der Waals surface area contributed by atoms with Crippen molar-refractivity contribution >= 4 is 28.3 Å². The summed E-state index contributed by atoms with van der Waals surface area (Å²) in [6, 6.07) is 9.48. The Morgan fingerprint density at radius 3 is 2.95 bits per heavy atom. The lowest BCUT2D eigenvalue weighted by molar-refractivity contribution is 0.0939. The number of amides is 1. The first-order valence-electron chi connectivity index (χ1n) is 6.02. The molecule has 0 aliphatic carbocycles. The van der Waals surface area contributed by atoms with Crippen molar-refractivity contribution in [3.63, 3.8) is 0 Å². The number of hydrogen-bond donors (Lipinski definition) is 2. The van der Waals surface area contributed by atoms with Gasteiger partial charge in [0.05, 0.1) is 22.6 Å². The van der Waals surface area contributed by atoms with Crippen molar-refractivity contribution in [3.05, 3.63) is 52.5 Å². The second-order valence-electron chi connectivity index (χ2n) is 4.35. The minimum atomic E-state index is -0.153. The van der Waals surface area contributed by atoms with Crippen molar-refractivity contribution in [1.82, 2.24) is 15.3 Å². The summed E-state index contributed by atoms with van der Waals surface area (Å²) in [5, 5.41) is 6.66. The van der Waals surface area contributed by atoms with Gasteiger partial charge in [0.2, 0.25) is 0 Å². The van der Waals surface area contributed by atoms with Gasteiger partial charge in [0, 0.05) is 5.38 Å². The molecular weight excluding hydrogens is 258 g/mol. The van der Waals surface area contributed by atoms with E-state index in [1.165, 1.54) is 11.3 Å². The fourth-order valence-electron chi connectivity index (χ4n) is 1.92. The highest BCUT2D eigenvalue weighted by molar-refractivity contribution is 7.08. The van der Waals surface area contributed by atoms with Crippen LogP contribution in [0, 0.1) is 0 Å². The van der Waals surface area contributed by atoms with E-state index < -0.39 is 0 Å². The monoisotopic (exact) mass is 271 g/mol. The molecule has 1 atom stereocenters. The highest BCUT2D eigenvalue weighted by Gasteiger charge is 2.14. The molecule has 0 aliphatic rings. The fraction of sp³-hybridized carbons (Fsp3) is 0.143. The Hall–Kier alpha value is -2.14. The van der Waals surface area contributed by atoms with Crippen LogP contribution in [0.25, 0.3) is 11.0 Å². The molecule has 0 radical (unpaired) electrons. The van der Waals surface area contributed by atoms with Crippen LogP contribution in [0.15, 0.2) is 41.1 Å². The molecular formula is C14H13N3OS. The molecule has 0 saturated carbocycles. The molecule has 4 nitrogen and oxygen atoms in total. The summed E-state index contributed by atoms with van der Waals surface area (Å²) in [5.41, 5.74) is 2.58. The lowest BCUT2D eigenvalue weighted by atomic mass is 10.2. The van der Waals surface area contributed by atoms with E-state index in [4.69, 9.17) is 0 Å². The van der Waals surface area contributed by atoms with Gasteiger partial charge in [0.15, 0.2) is 0 Å². The van der Waals surface area contributed by atoms with Gasteiger partial charge in [-0.25, -0.2) is 4.98 Å². The summed E-state index contributed by atoms with van der Waals surface area (Å²) in [6.07, 6.45) is 0. The van der Waals surface area contributed by atoms with Crippen LogP contribution in [0.4, 0.5) is 0 Å². The smallest absolute Gasteiger partial charge is 0.252 e. The minimum absolute atomic E-state index is 0.0748. The molecule has 1 amide bonds. The third-order valence-electron chi connectivity index (χ3n) is 2.95. The first-order chi connectivity index (χ1) is 9.24. The maximum Gasteiger partial charge on any atom is 0.252 e. The first kappa shape index (κ1) is 11.9.